The van der Waals surface area contributed by atoms with E-state index in [0.29, 0.717) is 0 Å². The molecule has 1 atom stereocenters. The van der Waals surface area contributed by atoms with Gasteiger partial charge in [0.2, 0.25) is 0 Å². The maximum atomic E-state index is 11.4. The van der Waals surface area contributed by atoms with Crippen molar-refractivity contribution >= 4 is 11.9 Å². The van der Waals surface area contributed by atoms with E-state index in [1.54, 1.807) is 20.8 Å². The van der Waals surface area contributed by atoms with Gasteiger partial charge in [-0.2, -0.15) is 0 Å². The lowest BCUT2D eigenvalue weighted by Gasteiger charge is -2.26. The molecule has 98 valence electrons. The molecule has 0 aliphatic heterocycles. The Morgan fingerprint density at radius 2 is 2.06 bits per heavy atom. The smallest absolute Gasteiger partial charge is 0.332 e. The Morgan fingerprint density at radius 3 is 2.53 bits per heavy atom. The Labute approximate surface area is 100 Å². The van der Waals surface area contributed by atoms with Crippen molar-refractivity contribution in [2.75, 3.05) is 13.2 Å². The van der Waals surface area contributed by atoms with Gasteiger partial charge in [-0.25, -0.2) is 4.79 Å². The van der Waals surface area contributed by atoms with Crippen LogP contribution >= 0.6 is 0 Å². The Balaban J connectivity index is 4.23. The normalized spacial score (nSPS) is 13.5. The number of carbonyl (C=O) groups is 2. The topological polar surface area (TPSA) is 95.9 Å². The minimum absolute atomic E-state index is 0.247. The van der Waals surface area contributed by atoms with Gasteiger partial charge in [0.05, 0.1) is 13.2 Å². The molecule has 6 nitrogen and oxygen atoms in total. The molecule has 0 aromatic rings. The Kier molecular flexibility index (Phi) is 6.45. The number of aliphatic hydroxyl groups is 2. The molecule has 1 amide bonds. The fourth-order valence-corrected chi connectivity index (χ4v) is 0.903. The van der Waals surface area contributed by atoms with Crippen molar-refractivity contribution in [3.63, 3.8) is 0 Å². The van der Waals surface area contributed by atoms with E-state index in [0.717, 1.165) is 12.3 Å². The summed E-state index contributed by atoms with van der Waals surface area (Å²) in [6.45, 7) is 4.68. The van der Waals surface area contributed by atoms with E-state index in [1.807, 2.05) is 0 Å². The summed E-state index contributed by atoms with van der Waals surface area (Å²) in [5.74, 6) is -1.27. The molecule has 0 aliphatic rings. The second-order valence-electron chi connectivity index (χ2n) is 4.14. The highest BCUT2D eigenvalue weighted by Gasteiger charge is 2.32. The predicted molar refractivity (Wildman–Crippen MR) is 60.8 cm³/mol. The van der Waals surface area contributed by atoms with E-state index in [9.17, 15) is 14.7 Å². The quantitative estimate of drug-likeness (QED) is 0.435. The van der Waals surface area contributed by atoms with Crippen molar-refractivity contribution in [2.45, 2.75) is 26.9 Å². The number of hydrogen-bond donors (Lipinski definition) is 3. The van der Waals surface area contributed by atoms with Crippen molar-refractivity contribution < 1.29 is 24.5 Å². The van der Waals surface area contributed by atoms with Crippen LogP contribution in [0.2, 0.25) is 0 Å². The minimum Gasteiger partial charge on any atom is -0.463 e. The zero-order valence-corrected chi connectivity index (χ0v) is 10.3. The fourth-order valence-electron chi connectivity index (χ4n) is 0.903. The van der Waals surface area contributed by atoms with E-state index in [-0.39, 0.29) is 13.2 Å². The van der Waals surface area contributed by atoms with E-state index < -0.39 is 23.4 Å². The van der Waals surface area contributed by atoms with E-state index in [1.165, 1.54) is 0 Å². The van der Waals surface area contributed by atoms with Crippen molar-refractivity contribution in [3.05, 3.63) is 12.3 Å². The maximum Gasteiger partial charge on any atom is 0.332 e. The lowest BCUT2D eigenvalue weighted by atomic mass is 9.87. The van der Waals surface area contributed by atoms with Crippen molar-refractivity contribution in [3.8, 4) is 0 Å². The summed E-state index contributed by atoms with van der Waals surface area (Å²) in [4.78, 5) is 22.3. The van der Waals surface area contributed by atoms with Crippen LogP contribution in [0.5, 0.6) is 0 Å². The number of carbonyl (C=O) groups excluding carboxylic acids is 2. The second-order valence-corrected chi connectivity index (χ2v) is 4.14. The molecule has 0 spiro atoms. The first-order chi connectivity index (χ1) is 7.85. The molecule has 0 aromatic heterocycles. The summed E-state index contributed by atoms with van der Waals surface area (Å²) in [5.41, 5.74) is -0.943. The van der Waals surface area contributed by atoms with E-state index >= 15 is 0 Å². The Bertz CT molecular complexity index is 298. The summed E-state index contributed by atoms with van der Waals surface area (Å²) in [6.07, 6.45) is 0.774. The highest BCUT2D eigenvalue weighted by Crippen LogP contribution is 2.19. The fraction of sp³-hybridized carbons (Fsp3) is 0.636. The molecular weight excluding hydrogens is 226 g/mol. The van der Waals surface area contributed by atoms with Crippen LogP contribution in [0.3, 0.4) is 0 Å². The van der Waals surface area contributed by atoms with Crippen molar-refractivity contribution in [1.82, 2.24) is 5.32 Å². The molecule has 6 heteroatoms. The molecule has 0 radical (unpaired) electrons. The number of amides is 1. The number of rotatable bonds is 6. The summed E-state index contributed by atoms with van der Waals surface area (Å²) in [6, 6.07) is 0. The monoisotopic (exact) mass is 245 g/mol. The van der Waals surface area contributed by atoms with Gasteiger partial charge >= 0.3 is 5.97 Å². The molecule has 17 heavy (non-hydrogen) atoms. The van der Waals surface area contributed by atoms with Gasteiger partial charge in [0, 0.05) is 17.7 Å². The third-order valence-corrected chi connectivity index (χ3v) is 2.13. The lowest BCUT2D eigenvalue weighted by molar-refractivity contribution is -0.137. The van der Waals surface area contributed by atoms with Crippen LogP contribution < -0.4 is 5.32 Å². The number of ether oxygens (including phenoxy) is 1. The summed E-state index contributed by atoms with van der Waals surface area (Å²) < 4.78 is 4.59. The largest absolute Gasteiger partial charge is 0.463 e. The predicted octanol–water partition coefficient (Wildman–Crippen LogP) is -0.441. The molecule has 3 N–H and O–H groups in total. The average Bonchev–Trinajstić information content (AvgIpc) is 2.28. The Hall–Kier alpha value is -1.40. The van der Waals surface area contributed by atoms with Gasteiger partial charge in [-0.05, 0) is 6.92 Å². The van der Waals surface area contributed by atoms with Crippen LogP contribution in [-0.2, 0) is 14.3 Å². The van der Waals surface area contributed by atoms with Crippen LogP contribution in [0.1, 0.15) is 20.8 Å². The van der Waals surface area contributed by atoms with Crippen LogP contribution in [0.15, 0.2) is 12.3 Å². The molecule has 0 saturated heterocycles. The van der Waals surface area contributed by atoms with Crippen LogP contribution in [0.4, 0.5) is 0 Å². The summed E-state index contributed by atoms with van der Waals surface area (Å²) in [5, 5.41) is 20.8. The number of esters is 1. The van der Waals surface area contributed by atoms with Gasteiger partial charge in [0.15, 0.2) is 0 Å². The maximum absolute atomic E-state index is 11.4. The van der Waals surface area contributed by atoms with Gasteiger partial charge < -0.3 is 20.3 Å². The second kappa shape index (κ2) is 7.03. The summed E-state index contributed by atoms with van der Waals surface area (Å²) >= 11 is 0. The SMILES string of the molecule is CCOC(=O)/C=C\NC(=O)[C@@H](O)C(C)(C)CO. The first kappa shape index (κ1) is 15.6. The number of hydrogen-bond acceptors (Lipinski definition) is 5. The standard InChI is InChI=1S/C11H19NO5/c1-4-17-8(14)5-6-12-10(16)9(15)11(2,3)7-13/h5-6,9,13,15H,4,7H2,1-3H3,(H,12,16)/b6-5-/t9-/m1/s1. The first-order valence-electron chi connectivity index (χ1n) is 5.27. The molecule has 0 aromatic carbocycles. The van der Waals surface area contributed by atoms with Gasteiger partial charge in [0.25, 0.3) is 5.91 Å². The minimum atomic E-state index is -1.36. The van der Waals surface area contributed by atoms with Crippen molar-refractivity contribution in [1.29, 1.82) is 0 Å². The third kappa shape index (κ3) is 5.46. The average molecular weight is 245 g/mol. The van der Waals surface area contributed by atoms with Crippen LogP contribution in [0.25, 0.3) is 0 Å². The summed E-state index contributed by atoms with van der Waals surface area (Å²) in [7, 11) is 0. The van der Waals surface area contributed by atoms with Gasteiger partial charge in [-0.3, -0.25) is 4.79 Å². The molecule has 0 bridgehead atoms. The van der Waals surface area contributed by atoms with Gasteiger partial charge in [-0.1, -0.05) is 13.8 Å². The lowest BCUT2D eigenvalue weighted by Crippen LogP contribution is -2.44. The van der Waals surface area contributed by atoms with Gasteiger partial charge in [0.1, 0.15) is 6.10 Å². The van der Waals surface area contributed by atoms with E-state index in [4.69, 9.17) is 5.11 Å². The van der Waals surface area contributed by atoms with E-state index in [2.05, 4.69) is 10.1 Å². The third-order valence-electron chi connectivity index (χ3n) is 2.13. The number of aliphatic hydroxyl groups excluding tert-OH is 2. The van der Waals surface area contributed by atoms with Crippen LogP contribution in [-0.4, -0.2) is 41.4 Å². The molecule has 0 unspecified atom stereocenters. The highest BCUT2D eigenvalue weighted by atomic mass is 16.5. The molecule has 0 fully saturated rings. The molecule has 0 saturated carbocycles. The highest BCUT2D eigenvalue weighted by molar-refractivity contribution is 5.85. The van der Waals surface area contributed by atoms with Crippen molar-refractivity contribution in [2.24, 2.45) is 5.41 Å². The molecular formula is C11H19NO5. The number of nitrogens with one attached hydrogen (secondary N) is 1. The zero-order chi connectivity index (χ0) is 13.5. The molecule has 0 heterocycles. The molecule has 0 aliphatic carbocycles. The Morgan fingerprint density at radius 1 is 1.47 bits per heavy atom. The van der Waals surface area contributed by atoms with Crippen LogP contribution in [0, 0.1) is 5.41 Å². The first-order valence-corrected chi connectivity index (χ1v) is 5.27. The van der Waals surface area contributed by atoms with Gasteiger partial charge in [-0.15, -0.1) is 0 Å². The zero-order valence-electron chi connectivity index (χ0n) is 10.3. The molecule has 0 rings (SSSR count).